The maximum atomic E-state index is 11.3. The molecule has 1 fully saturated rings. The zero-order chi connectivity index (χ0) is 11.3. The maximum Gasteiger partial charge on any atom is 0.325 e. The number of aliphatic hydroxyl groups is 1. The molecule has 0 aliphatic heterocycles. The molecule has 15 heavy (non-hydrogen) atoms. The van der Waals surface area contributed by atoms with Crippen molar-refractivity contribution in [3.05, 3.63) is 0 Å². The Morgan fingerprint density at radius 3 is 2.93 bits per heavy atom. The van der Waals surface area contributed by atoms with E-state index in [1.807, 2.05) is 0 Å². The summed E-state index contributed by atoms with van der Waals surface area (Å²) in [4.78, 5) is 11.3. The van der Waals surface area contributed by atoms with Crippen LogP contribution in [0.1, 0.15) is 39.0 Å². The van der Waals surface area contributed by atoms with Crippen molar-refractivity contribution in [2.45, 2.75) is 51.2 Å². The number of rotatable bonds is 4. The van der Waals surface area contributed by atoms with Crippen molar-refractivity contribution in [2.24, 2.45) is 11.7 Å². The van der Waals surface area contributed by atoms with Crippen LogP contribution in [0.2, 0.25) is 0 Å². The molecule has 0 aromatic carbocycles. The molecule has 0 amide bonds. The molecule has 4 heteroatoms. The van der Waals surface area contributed by atoms with E-state index in [0.717, 1.165) is 25.7 Å². The minimum absolute atomic E-state index is 0.00815. The number of aliphatic hydroxyl groups excluding tert-OH is 1. The van der Waals surface area contributed by atoms with E-state index in [9.17, 15) is 4.79 Å². The van der Waals surface area contributed by atoms with Gasteiger partial charge < -0.3 is 15.6 Å². The maximum absolute atomic E-state index is 11.3. The molecule has 0 aromatic heterocycles. The summed E-state index contributed by atoms with van der Waals surface area (Å²) in [5, 5.41) is 8.71. The van der Waals surface area contributed by atoms with Crippen molar-refractivity contribution in [1.82, 2.24) is 0 Å². The molecule has 1 rings (SSSR count). The van der Waals surface area contributed by atoms with Crippen LogP contribution in [0.25, 0.3) is 0 Å². The molecule has 1 saturated carbocycles. The van der Waals surface area contributed by atoms with Gasteiger partial charge in [0.2, 0.25) is 0 Å². The summed E-state index contributed by atoms with van der Waals surface area (Å²) in [5.41, 5.74) is 5.38. The Bertz CT molecular complexity index is 208. The first kappa shape index (κ1) is 12.5. The lowest BCUT2D eigenvalue weighted by atomic mass is 9.85. The van der Waals surface area contributed by atoms with Gasteiger partial charge in [-0.2, -0.15) is 0 Å². The third-order valence-electron chi connectivity index (χ3n) is 3.09. The first-order valence-electron chi connectivity index (χ1n) is 5.74. The van der Waals surface area contributed by atoms with E-state index < -0.39 is 12.0 Å². The SMILES string of the molecule is CCC1CCCC(OC(=O)[C@H](N)CO)C1. The van der Waals surface area contributed by atoms with Crippen LogP contribution in [0.15, 0.2) is 0 Å². The highest BCUT2D eigenvalue weighted by atomic mass is 16.5. The van der Waals surface area contributed by atoms with Crippen LogP contribution in [0, 0.1) is 5.92 Å². The second-order valence-electron chi connectivity index (χ2n) is 4.29. The summed E-state index contributed by atoms with van der Waals surface area (Å²) in [6.07, 6.45) is 5.37. The van der Waals surface area contributed by atoms with Crippen molar-refractivity contribution >= 4 is 5.97 Å². The van der Waals surface area contributed by atoms with Crippen molar-refractivity contribution in [2.75, 3.05) is 6.61 Å². The van der Waals surface area contributed by atoms with Gasteiger partial charge in [0.15, 0.2) is 0 Å². The van der Waals surface area contributed by atoms with E-state index in [0.29, 0.717) is 5.92 Å². The molecule has 1 aliphatic carbocycles. The zero-order valence-corrected chi connectivity index (χ0v) is 9.32. The fraction of sp³-hybridized carbons (Fsp3) is 0.909. The van der Waals surface area contributed by atoms with Gasteiger partial charge in [0, 0.05) is 0 Å². The van der Waals surface area contributed by atoms with Crippen LogP contribution >= 0.6 is 0 Å². The molecular formula is C11H21NO3. The molecule has 0 heterocycles. The van der Waals surface area contributed by atoms with Gasteiger partial charge in [-0.3, -0.25) is 4.79 Å². The van der Waals surface area contributed by atoms with Crippen LogP contribution in [-0.4, -0.2) is 29.8 Å². The molecule has 4 nitrogen and oxygen atoms in total. The van der Waals surface area contributed by atoms with Gasteiger partial charge in [0.25, 0.3) is 0 Å². The second kappa shape index (κ2) is 6.08. The third-order valence-corrected chi connectivity index (χ3v) is 3.09. The van der Waals surface area contributed by atoms with Gasteiger partial charge in [-0.15, -0.1) is 0 Å². The fourth-order valence-electron chi connectivity index (χ4n) is 2.05. The minimum Gasteiger partial charge on any atom is -0.461 e. The van der Waals surface area contributed by atoms with E-state index >= 15 is 0 Å². The summed E-state index contributed by atoms with van der Waals surface area (Å²) in [6.45, 7) is 1.82. The molecule has 0 spiro atoms. The third kappa shape index (κ3) is 3.80. The van der Waals surface area contributed by atoms with Gasteiger partial charge in [0.1, 0.15) is 12.1 Å². The fourth-order valence-corrected chi connectivity index (χ4v) is 2.05. The Labute approximate surface area is 90.8 Å². The lowest BCUT2D eigenvalue weighted by Crippen LogP contribution is -2.38. The van der Waals surface area contributed by atoms with E-state index in [4.69, 9.17) is 15.6 Å². The molecule has 0 bridgehead atoms. The van der Waals surface area contributed by atoms with Crippen molar-refractivity contribution < 1.29 is 14.6 Å². The highest BCUT2D eigenvalue weighted by Gasteiger charge is 2.25. The molecule has 0 saturated heterocycles. The summed E-state index contributed by atoms with van der Waals surface area (Å²) in [6, 6.07) is -0.882. The summed E-state index contributed by atoms with van der Waals surface area (Å²) in [7, 11) is 0. The largest absolute Gasteiger partial charge is 0.461 e. The Kier molecular flexibility index (Phi) is 5.05. The predicted molar refractivity (Wildman–Crippen MR) is 57.2 cm³/mol. The van der Waals surface area contributed by atoms with Crippen LogP contribution in [0.4, 0.5) is 0 Å². The number of nitrogens with two attached hydrogens (primary N) is 1. The van der Waals surface area contributed by atoms with Gasteiger partial charge in [-0.1, -0.05) is 19.8 Å². The lowest BCUT2D eigenvalue weighted by Gasteiger charge is -2.28. The van der Waals surface area contributed by atoms with Crippen molar-refractivity contribution in [1.29, 1.82) is 0 Å². The summed E-state index contributed by atoms with van der Waals surface area (Å²) >= 11 is 0. The first-order valence-corrected chi connectivity index (χ1v) is 5.74. The van der Waals surface area contributed by atoms with E-state index in [2.05, 4.69) is 6.92 Å². The molecule has 0 radical (unpaired) electrons. The van der Waals surface area contributed by atoms with Gasteiger partial charge in [-0.25, -0.2) is 0 Å². The number of ether oxygens (including phenoxy) is 1. The van der Waals surface area contributed by atoms with Gasteiger partial charge in [-0.05, 0) is 25.2 Å². The zero-order valence-electron chi connectivity index (χ0n) is 9.32. The van der Waals surface area contributed by atoms with Crippen LogP contribution in [0.3, 0.4) is 0 Å². The second-order valence-corrected chi connectivity index (χ2v) is 4.29. The molecule has 2 unspecified atom stereocenters. The van der Waals surface area contributed by atoms with E-state index in [1.165, 1.54) is 6.42 Å². The molecule has 3 N–H and O–H groups in total. The van der Waals surface area contributed by atoms with Crippen LogP contribution in [0.5, 0.6) is 0 Å². The quantitative estimate of drug-likeness (QED) is 0.681. The Balaban J connectivity index is 2.34. The van der Waals surface area contributed by atoms with Gasteiger partial charge in [0.05, 0.1) is 6.61 Å². The standard InChI is InChI=1S/C11H21NO3/c1-2-8-4-3-5-9(6-8)15-11(14)10(12)7-13/h8-10,13H,2-7,12H2,1H3/t8?,9?,10-/m1/s1. The molecule has 3 atom stereocenters. The molecule has 0 aromatic rings. The summed E-state index contributed by atoms with van der Waals surface area (Å²) in [5.74, 6) is 0.196. The van der Waals surface area contributed by atoms with E-state index in [1.54, 1.807) is 0 Å². The van der Waals surface area contributed by atoms with E-state index in [-0.39, 0.29) is 12.7 Å². The minimum atomic E-state index is -0.882. The monoisotopic (exact) mass is 215 g/mol. The number of esters is 1. The lowest BCUT2D eigenvalue weighted by molar-refractivity contribution is -0.153. The average Bonchev–Trinajstić information content (AvgIpc) is 2.28. The number of carbonyl (C=O) groups excluding carboxylic acids is 1. The highest BCUT2D eigenvalue weighted by Crippen LogP contribution is 2.28. The number of hydrogen-bond acceptors (Lipinski definition) is 4. The van der Waals surface area contributed by atoms with Crippen molar-refractivity contribution in [3.63, 3.8) is 0 Å². The molecule has 1 aliphatic rings. The van der Waals surface area contributed by atoms with Crippen LogP contribution < -0.4 is 5.73 Å². The molecule has 88 valence electrons. The first-order chi connectivity index (χ1) is 7.17. The molecular weight excluding hydrogens is 194 g/mol. The number of carbonyl (C=O) groups is 1. The average molecular weight is 215 g/mol. The Morgan fingerprint density at radius 1 is 1.60 bits per heavy atom. The van der Waals surface area contributed by atoms with Crippen LogP contribution in [-0.2, 0) is 9.53 Å². The Morgan fingerprint density at radius 2 is 2.33 bits per heavy atom. The topological polar surface area (TPSA) is 72.5 Å². The summed E-state index contributed by atoms with van der Waals surface area (Å²) < 4.78 is 5.25. The van der Waals surface area contributed by atoms with Gasteiger partial charge >= 0.3 is 5.97 Å². The normalized spacial score (nSPS) is 28.5. The predicted octanol–water partition coefficient (Wildman–Crippen LogP) is 0.818. The van der Waals surface area contributed by atoms with Crippen molar-refractivity contribution in [3.8, 4) is 0 Å². The highest BCUT2D eigenvalue weighted by molar-refractivity contribution is 5.75. The smallest absolute Gasteiger partial charge is 0.325 e. The number of hydrogen-bond donors (Lipinski definition) is 2. The Hall–Kier alpha value is -0.610.